The van der Waals surface area contributed by atoms with Crippen LogP contribution < -0.4 is 23.8 Å². The number of rotatable bonds is 21. The first-order valence-corrected chi connectivity index (χ1v) is 19.9. The lowest BCUT2D eigenvalue weighted by molar-refractivity contribution is -0.154. The number of methoxy groups -OCH3 is 2. The summed E-state index contributed by atoms with van der Waals surface area (Å²) in [6, 6.07) is 18.3. The standard InChI is InChI=1S/C46H55F2NO13/c1-44(2,3)61-42(50)25-49(26-43(51)62-45(4,5)6)36-15-14-31(20-41(36)57-27-30-12-10-9-11-13-30)46(52)32-21-34(47)39(58-28-55-18-16-53-7)23-37(32)60-38-24-40(35(48)22-33(38)46)59-29-56-19-17-54-8/h9-15,20-24,52H,16-19,25-29H2,1-8H3. The number of hydrogen-bond acceptors (Lipinski definition) is 14. The third kappa shape index (κ3) is 12.8. The summed E-state index contributed by atoms with van der Waals surface area (Å²) in [6.07, 6.45) is 0. The molecule has 0 radical (unpaired) electrons. The van der Waals surface area contributed by atoms with Crippen LogP contribution in [0.4, 0.5) is 14.5 Å². The normalized spacial score (nSPS) is 13.0. The third-order valence-electron chi connectivity index (χ3n) is 8.96. The SMILES string of the molecule is COCCOCOc1cc2c(cc1F)C(O)(c1ccc(N(CC(=O)OC(C)(C)C)CC(=O)OC(C)(C)C)c(OCc3ccccc3)c1)c1cc(F)c(OCOCCOC)cc1O2. The van der Waals surface area contributed by atoms with Gasteiger partial charge in [-0.15, -0.1) is 0 Å². The van der Waals surface area contributed by atoms with E-state index in [1.165, 1.54) is 49.5 Å². The van der Waals surface area contributed by atoms with Crippen molar-refractivity contribution in [1.29, 1.82) is 0 Å². The highest BCUT2D eigenvalue weighted by molar-refractivity contribution is 5.83. The fourth-order valence-electron chi connectivity index (χ4n) is 6.35. The molecule has 4 aromatic carbocycles. The van der Waals surface area contributed by atoms with Crippen molar-refractivity contribution in [3.8, 4) is 28.7 Å². The zero-order valence-electron chi connectivity index (χ0n) is 36.3. The van der Waals surface area contributed by atoms with E-state index in [0.717, 1.165) is 17.7 Å². The molecule has 0 amide bonds. The monoisotopic (exact) mass is 867 g/mol. The molecule has 16 heteroatoms. The van der Waals surface area contributed by atoms with E-state index in [4.69, 9.17) is 47.4 Å². The first-order chi connectivity index (χ1) is 29.4. The van der Waals surface area contributed by atoms with Crippen molar-refractivity contribution in [2.45, 2.75) is 65.0 Å². The van der Waals surface area contributed by atoms with Gasteiger partial charge in [0.25, 0.3) is 0 Å². The summed E-state index contributed by atoms with van der Waals surface area (Å²) in [5.41, 5.74) is -3.10. The number of ether oxygens (including phenoxy) is 10. The van der Waals surface area contributed by atoms with Crippen LogP contribution in [0.3, 0.4) is 0 Å². The highest BCUT2D eigenvalue weighted by Gasteiger charge is 2.45. The minimum atomic E-state index is -2.32. The Labute approximate surface area is 360 Å². The minimum Gasteiger partial charge on any atom is -0.487 e. The van der Waals surface area contributed by atoms with Crippen molar-refractivity contribution in [2.24, 2.45) is 0 Å². The van der Waals surface area contributed by atoms with Gasteiger partial charge < -0.3 is 57.4 Å². The smallest absolute Gasteiger partial charge is 0.326 e. The van der Waals surface area contributed by atoms with E-state index in [9.17, 15) is 14.7 Å². The molecular formula is C46H55F2NO13. The molecule has 1 aliphatic heterocycles. The molecule has 0 fully saturated rings. The zero-order chi connectivity index (χ0) is 45.1. The van der Waals surface area contributed by atoms with Crippen LogP contribution in [0.15, 0.2) is 72.8 Å². The quantitative estimate of drug-likeness (QED) is 0.0503. The van der Waals surface area contributed by atoms with E-state index in [1.807, 2.05) is 30.3 Å². The molecule has 4 aromatic rings. The first-order valence-electron chi connectivity index (χ1n) is 19.9. The van der Waals surface area contributed by atoms with Crippen molar-refractivity contribution in [3.05, 3.63) is 107 Å². The van der Waals surface area contributed by atoms with E-state index in [2.05, 4.69) is 0 Å². The second-order valence-electron chi connectivity index (χ2n) is 16.2. The van der Waals surface area contributed by atoms with Gasteiger partial charge in [-0.2, -0.15) is 0 Å². The largest absolute Gasteiger partial charge is 0.487 e. The Hall–Kier alpha value is -5.52. The van der Waals surface area contributed by atoms with Crippen molar-refractivity contribution >= 4 is 17.6 Å². The summed E-state index contributed by atoms with van der Waals surface area (Å²) in [4.78, 5) is 28.2. The molecule has 0 aliphatic carbocycles. The Morgan fingerprint density at radius 1 is 0.661 bits per heavy atom. The average Bonchev–Trinajstić information content (AvgIpc) is 3.19. The number of carbonyl (C=O) groups excluding carboxylic acids is 2. The van der Waals surface area contributed by atoms with Gasteiger partial charge in [0.1, 0.15) is 53.7 Å². The van der Waals surface area contributed by atoms with E-state index in [1.54, 1.807) is 41.5 Å². The summed E-state index contributed by atoms with van der Waals surface area (Å²) < 4.78 is 87.7. The molecular weight excluding hydrogens is 812 g/mol. The first kappa shape index (κ1) is 47.5. The molecule has 0 spiro atoms. The third-order valence-corrected chi connectivity index (χ3v) is 8.96. The van der Waals surface area contributed by atoms with Crippen LogP contribution in [0.25, 0.3) is 0 Å². The number of nitrogens with zero attached hydrogens (tertiary/aromatic N) is 1. The molecule has 1 aliphatic rings. The lowest BCUT2D eigenvalue weighted by atomic mass is 9.77. The van der Waals surface area contributed by atoms with Crippen molar-refractivity contribution < 1.29 is 70.8 Å². The van der Waals surface area contributed by atoms with Gasteiger partial charge in [0.15, 0.2) is 36.7 Å². The van der Waals surface area contributed by atoms with Gasteiger partial charge in [0, 0.05) is 37.5 Å². The predicted octanol–water partition coefficient (Wildman–Crippen LogP) is 7.42. The van der Waals surface area contributed by atoms with Crippen LogP contribution in [0.1, 0.15) is 63.8 Å². The minimum absolute atomic E-state index is 0.0162. The van der Waals surface area contributed by atoms with E-state index >= 15 is 8.78 Å². The Morgan fingerprint density at radius 3 is 1.63 bits per heavy atom. The Morgan fingerprint density at radius 2 is 1.16 bits per heavy atom. The predicted molar refractivity (Wildman–Crippen MR) is 223 cm³/mol. The molecule has 0 saturated heterocycles. The maximum atomic E-state index is 16.0. The summed E-state index contributed by atoms with van der Waals surface area (Å²) in [5.74, 6) is -3.50. The molecule has 0 saturated carbocycles. The van der Waals surface area contributed by atoms with Gasteiger partial charge in [-0.05, 0) is 76.9 Å². The van der Waals surface area contributed by atoms with Crippen LogP contribution >= 0.6 is 0 Å². The molecule has 0 atom stereocenters. The maximum absolute atomic E-state index is 16.0. The molecule has 0 unspecified atom stereocenters. The number of fused-ring (bicyclic) bond motifs is 2. The van der Waals surface area contributed by atoms with Gasteiger partial charge in [-0.3, -0.25) is 9.59 Å². The van der Waals surface area contributed by atoms with E-state index in [-0.39, 0.29) is 97.7 Å². The number of benzene rings is 4. The topological polar surface area (TPSA) is 150 Å². The van der Waals surface area contributed by atoms with Crippen LogP contribution in [-0.4, -0.2) is 95.6 Å². The second kappa shape index (κ2) is 21.0. The Balaban J connectivity index is 1.66. The van der Waals surface area contributed by atoms with Crippen molar-refractivity contribution in [2.75, 3.05) is 72.2 Å². The fraction of sp³-hybridized carbons (Fsp3) is 0.435. The lowest BCUT2D eigenvalue weighted by Gasteiger charge is -2.37. The number of hydrogen-bond donors (Lipinski definition) is 1. The van der Waals surface area contributed by atoms with Crippen molar-refractivity contribution in [1.82, 2.24) is 0 Å². The molecule has 62 heavy (non-hydrogen) atoms. The van der Waals surface area contributed by atoms with Crippen LogP contribution in [0.2, 0.25) is 0 Å². The summed E-state index contributed by atoms with van der Waals surface area (Å²) in [6.45, 7) is 9.87. The average molecular weight is 868 g/mol. The number of halogens is 2. The Bertz CT molecular complexity index is 2040. The molecule has 14 nitrogen and oxygen atoms in total. The molecule has 0 aromatic heterocycles. The number of aliphatic hydroxyl groups is 1. The van der Waals surface area contributed by atoms with Crippen molar-refractivity contribution in [3.63, 3.8) is 0 Å². The van der Waals surface area contributed by atoms with E-state index < -0.39 is 53.5 Å². The molecule has 5 rings (SSSR count). The summed E-state index contributed by atoms with van der Waals surface area (Å²) in [7, 11) is 3.02. The van der Waals surface area contributed by atoms with Crippen LogP contribution in [0, 0.1) is 11.6 Å². The summed E-state index contributed by atoms with van der Waals surface area (Å²) >= 11 is 0. The van der Waals surface area contributed by atoms with Gasteiger partial charge in [0.2, 0.25) is 0 Å². The number of carbonyl (C=O) groups is 2. The van der Waals surface area contributed by atoms with Gasteiger partial charge in [-0.25, -0.2) is 8.78 Å². The van der Waals surface area contributed by atoms with Gasteiger partial charge in [-0.1, -0.05) is 36.4 Å². The number of esters is 2. The highest BCUT2D eigenvalue weighted by atomic mass is 19.1. The van der Waals surface area contributed by atoms with E-state index in [0.29, 0.717) is 0 Å². The van der Waals surface area contributed by atoms with Gasteiger partial charge in [0.05, 0.1) is 32.1 Å². The lowest BCUT2D eigenvalue weighted by Crippen LogP contribution is -2.40. The molecule has 1 heterocycles. The van der Waals surface area contributed by atoms with Crippen LogP contribution in [-0.2, 0) is 50.2 Å². The number of anilines is 1. The molecule has 0 bridgehead atoms. The maximum Gasteiger partial charge on any atom is 0.326 e. The Kier molecular flexibility index (Phi) is 16.1. The fourth-order valence-corrected chi connectivity index (χ4v) is 6.35. The second-order valence-corrected chi connectivity index (χ2v) is 16.2. The zero-order valence-corrected chi connectivity index (χ0v) is 36.3. The molecule has 336 valence electrons. The molecule has 1 N–H and O–H groups in total. The highest BCUT2D eigenvalue weighted by Crippen LogP contribution is 2.53. The summed E-state index contributed by atoms with van der Waals surface area (Å²) in [5, 5.41) is 13.1. The van der Waals surface area contributed by atoms with Gasteiger partial charge >= 0.3 is 11.9 Å². The van der Waals surface area contributed by atoms with Crippen LogP contribution in [0.5, 0.6) is 28.7 Å².